The lowest BCUT2D eigenvalue weighted by Crippen LogP contribution is -2.39. The first-order chi connectivity index (χ1) is 7.53. The molecular weight excluding hydrogens is 200 g/mol. The van der Waals surface area contributed by atoms with Crippen molar-refractivity contribution in [2.45, 2.75) is 39.0 Å². The molecule has 3 heteroatoms. The van der Waals surface area contributed by atoms with E-state index in [9.17, 15) is 4.79 Å². The molecule has 2 rings (SSSR count). The highest BCUT2D eigenvalue weighted by Crippen LogP contribution is 2.49. The van der Waals surface area contributed by atoms with E-state index in [1.165, 1.54) is 16.7 Å². The second-order valence-electron chi connectivity index (χ2n) is 4.74. The first kappa shape index (κ1) is 11.1. The fourth-order valence-corrected chi connectivity index (χ4v) is 2.36. The fraction of sp³-hybridized carbons (Fsp3) is 0.462. The van der Waals surface area contributed by atoms with Crippen LogP contribution in [-0.4, -0.2) is 5.91 Å². The minimum atomic E-state index is -0.350. The first-order valence-corrected chi connectivity index (χ1v) is 5.61. The zero-order valence-corrected chi connectivity index (χ0v) is 10.1. The standard InChI is InChI=1S/C13H18N2O/c1-8-4-5-11(10(3)9(8)2)13(6-7-13)12(16)15-14/h4-5H,6-7,14H2,1-3H3,(H,15,16). The predicted octanol–water partition coefficient (Wildman–Crippen LogP) is 1.63. The van der Waals surface area contributed by atoms with Crippen molar-refractivity contribution in [2.24, 2.45) is 5.84 Å². The monoisotopic (exact) mass is 218 g/mol. The number of hydrogen-bond acceptors (Lipinski definition) is 2. The third kappa shape index (κ3) is 1.43. The topological polar surface area (TPSA) is 55.1 Å². The quantitative estimate of drug-likeness (QED) is 0.450. The van der Waals surface area contributed by atoms with E-state index in [2.05, 4.69) is 38.3 Å². The molecule has 86 valence electrons. The van der Waals surface area contributed by atoms with Gasteiger partial charge in [-0.05, 0) is 55.9 Å². The Hall–Kier alpha value is -1.35. The molecule has 0 heterocycles. The Bertz CT molecular complexity index is 447. The minimum Gasteiger partial charge on any atom is -0.293 e. The number of amides is 1. The third-order valence-electron chi connectivity index (χ3n) is 3.89. The molecule has 0 aromatic heterocycles. The Balaban J connectivity index is 2.50. The van der Waals surface area contributed by atoms with Gasteiger partial charge in [-0.2, -0.15) is 0 Å². The van der Waals surface area contributed by atoms with E-state index in [4.69, 9.17) is 5.84 Å². The molecule has 0 radical (unpaired) electrons. The zero-order valence-electron chi connectivity index (χ0n) is 10.1. The van der Waals surface area contributed by atoms with Crippen molar-refractivity contribution >= 4 is 5.91 Å². The number of benzene rings is 1. The van der Waals surface area contributed by atoms with Gasteiger partial charge in [0.2, 0.25) is 5.91 Å². The van der Waals surface area contributed by atoms with Crippen molar-refractivity contribution in [1.82, 2.24) is 5.43 Å². The summed E-state index contributed by atoms with van der Waals surface area (Å²) < 4.78 is 0. The molecule has 1 aliphatic carbocycles. The van der Waals surface area contributed by atoms with Crippen LogP contribution in [0.25, 0.3) is 0 Å². The van der Waals surface area contributed by atoms with E-state index in [1.54, 1.807) is 0 Å². The Morgan fingerprint density at radius 2 is 1.88 bits per heavy atom. The van der Waals surface area contributed by atoms with Crippen LogP contribution in [0.5, 0.6) is 0 Å². The van der Waals surface area contributed by atoms with E-state index in [0.717, 1.165) is 18.4 Å². The van der Waals surface area contributed by atoms with Crippen molar-refractivity contribution in [3.8, 4) is 0 Å². The number of aryl methyl sites for hydroxylation is 1. The first-order valence-electron chi connectivity index (χ1n) is 5.61. The molecule has 1 aromatic carbocycles. The van der Waals surface area contributed by atoms with Crippen molar-refractivity contribution in [1.29, 1.82) is 0 Å². The van der Waals surface area contributed by atoms with Gasteiger partial charge in [-0.15, -0.1) is 0 Å². The van der Waals surface area contributed by atoms with Crippen LogP contribution in [0.2, 0.25) is 0 Å². The van der Waals surface area contributed by atoms with Gasteiger partial charge in [-0.3, -0.25) is 10.2 Å². The maximum Gasteiger partial charge on any atom is 0.244 e. The van der Waals surface area contributed by atoms with Crippen LogP contribution in [0.3, 0.4) is 0 Å². The van der Waals surface area contributed by atoms with E-state index in [1.807, 2.05) is 0 Å². The van der Waals surface area contributed by atoms with E-state index >= 15 is 0 Å². The lowest BCUT2D eigenvalue weighted by molar-refractivity contribution is -0.123. The van der Waals surface area contributed by atoms with Gasteiger partial charge in [0.05, 0.1) is 5.41 Å². The van der Waals surface area contributed by atoms with Crippen molar-refractivity contribution < 1.29 is 4.79 Å². The highest BCUT2D eigenvalue weighted by Gasteiger charge is 2.51. The van der Waals surface area contributed by atoms with Gasteiger partial charge in [-0.25, -0.2) is 5.84 Å². The molecular formula is C13H18N2O. The maximum atomic E-state index is 11.8. The van der Waals surface area contributed by atoms with Gasteiger partial charge in [0, 0.05) is 0 Å². The van der Waals surface area contributed by atoms with E-state index in [-0.39, 0.29) is 11.3 Å². The summed E-state index contributed by atoms with van der Waals surface area (Å²) in [5.41, 5.74) is 6.84. The molecule has 1 saturated carbocycles. The van der Waals surface area contributed by atoms with Gasteiger partial charge in [0.25, 0.3) is 0 Å². The molecule has 0 unspecified atom stereocenters. The predicted molar refractivity (Wildman–Crippen MR) is 63.9 cm³/mol. The van der Waals surface area contributed by atoms with Gasteiger partial charge in [0.1, 0.15) is 0 Å². The van der Waals surface area contributed by atoms with Crippen LogP contribution in [0.4, 0.5) is 0 Å². The molecule has 1 amide bonds. The van der Waals surface area contributed by atoms with Gasteiger partial charge < -0.3 is 0 Å². The molecule has 1 aliphatic rings. The number of nitrogens with one attached hydrogen (secondary N) is 1. The van der Waals surface area contributed by atoms with Gasteiger partial charge >= 0.3 is 0 Å². The Morgan fingerprint density at radius 1 is 1.25 bits per heavy atom. The molecule has 3 nitrogen and oxygen atoms in total. The number of nitrogens with two attached hydrogens (primary N) is 1. The van der Waals surface area contributed by atoms with Gasteiger partial charge in [-0.1, -0.05) is 12.1 Å². The highest BCUT2D eigenvalue weighted by atomic mass is 16.2. The smallest absolute Gasteiger partial charge is 0.244 e. The van der Waals surface area contributed by atoms with Crippen LogP contribution in [0.1, 0.15) is 35.1 Å². The maximum absolute atomic E-state index is 11.8. The second kappa shape index (κ2) is 3.59. The number of hydrazine groups is 1. The van der Waals surface area contributed by atoms with E-state index < -0.39 is 0 Å². The lowest BCUT2D eigenvalue weighted by atomic mass is 9.87. The number of carbonyl (C=O) groups is 1. The molecule has 1 aromatic rings. The average molecular weight is 218 g/mol. The van der Waals surface area contributed by atoms with Crippen LogP contribution in [-0.2, 0) is 10.2 Å². The molecule has 0 spiro atoms. The lowest BCUT2D eigenvalue weighted by Gasteiger charge is -2.18. The van der Waals surface area contributed by atoms with Crippen molar-refractivity contribution in [2.75, 3.05) is 0 Å². The SMILES string of the molecule is Cc1ccc(C2(C(=O)NN)CC2)c(C)c1C. The molecule has 0 saturated heterocycles. The highest BCUT2D eigenvalue weighted by molar-refractivity contribution is 5.91. The summed E-state index contributed by atoms with van der Waals surface area (Å²) in [5.74, 6) is 5.20. The zero-order chi connectivity index (χ0) is 11.9. The molecule has 0 aliphatic heterocycles. The van der Waals surface area contributed by atoms with Gasteiger partial charge in [0.15, 0.2) is 0 Å². The Kier molecular flexibility index (Phi) is 2.50. The summed E-state index contributed by atoms with van der Waals surface area (Å²) in [7, 11) is 0. The van der Waals surface area contributed by atoms with Crippen LogP contribution in [0.15, 0.2) is 12.1 Å². The summed E-state index contributed by atoms with van der Waals surface area (Å²) in [6.45, 7) is 6.28. The van der Waals surface area contributed by atoms with Crippen LogP contribution >= 0.6 is 0 Å². The summed E-state index contributed by atoms with van der Waals surface area (Å²) in [5, 5.41) is 0. The van der Waals surface area contributed by atoms with Crippen molar-refractivity contribution in [3.63, 3.8) is 0 Å². The Labute approximate surface area is 96.0 Å². The number of rotatable bonds is 2. The fourth-order valence-electron chi connectivity index (χ4n) is 2.36. The number of carbonyl (C=O) groups excluding carboxylic acids is 1. The largest absolute Gasteiger partial charge is 0.293 e. The van der Waals surface area contributed by atoms with Crippen molar-refractivity contribution in [3.05, 3.63) is 34.4 Å². The summed E-state index contributed by atoms with van der Waals surface area (Å²) in [4.78, 5) is 11.8. The molecule has 0 bridgehead atoms. The summed E-state index contributed by atoms with van der Waals surface area (Å²) in [6, 6.07) is 4.15. The summed E-state index contributed by atoms with van der Waals surface area (Å²) in [6.07, 6.45) is 1.80. The van der Waals surface area contributed by atoms with Crippen LogP contribution < -0.4 is 11.3 Å². The minimum absolute atomic E-state index is 0.0566. The van der Waals surface area contributed by atoms with E-state index in [0.29, 0.717) is 0 Å². The van der Waals surface area contributed by atoms with Crippen LogP contribution in [0, 0.1) is 20.8 Å². The number of hydrogen-bond donors (Lipinski definition) is 2. The second-order valence-corrected chi connectivity index (χ2v) is 4.74. The normalized spacial score (nSPS) is 17.0. The third-order valence-corrected chi connectivity index (χ3v) is 3.89. The molecule has 1 fully saturated rings. The average Bonchev–Trinajstić information content (AvgIpc) is 3.06. The molecule has 3 N–H and O–H groups in total. The summed E-state index contributed by atoms with van der Waals surface area (Å²) >= 11 is 0. The Morgan fingerprint density at radius 3 is 2.38 bits per heavy atom. The molecule has 16 heavy (non-hydrogen) atoms. The molecule has 0 atom stereocenters.